The van der Waals surface area contributed by atoms with Crippen molar-refractivity contribution in [2.24, 2.45) is 7.05 Å². The van der Waals surface area contributed by atoms with Crippen LogP contribution in [0, 0.1) is 6.92 Å². The van der Waals surface area contributed by atoms with Gasteiger partial charge in [0.15, 0.2) is 5.65 Å². The summed E-state index contributed by atoms with van der Waals surface area (Å²) in [7, 11) is 1.91. The normalized spacial score (nSPS) is 24.1. The summed E-state index contributed by atoms with van der Waals surface area (Å²) in [6, 6.07) is 2.01. The van der Waals surface area contributed by atoms with E-state index in [1.807, 2.05) is 37.8 Å². The van der Waals surface area contributed by atoms with Crippen molar-refractivity contribution >= 4 is 16.7 Å². The second-order valence-electron chi connectivity index (χ2n) is 5.41. The number of anilines is 1. The Morgan fingerprint density at radius 1 is 1.44 bits per heavy atom. The molecular weight excluding hydrogens is 228 g/mol. The predicted octanol–water partition coefficient (Wildman–Crippen LogP) is 1.24. The van der Waals surface area contributed by atoms with Crippen molar-refractivity contribution in [3.63, 3.8) is 0 Å². The van der Waals surface area contributed by atoms with Gasteiger partial charge in [0.1, 0.15) is 0 Å². The van der Waals surface area contributed by atoms with Gasteiger partial charge in [-0.2, -0.15) is 5.10 Å². The van der Waals surface area contributed by atoms with Crippen LogP contribution in [0.1, 0.15) is 19.0 Å². The first-order valence-corrected chi connectivity index (χ1v) is 6.24. The van der Waals surface area contributed by atoms with Crippen LogP contribution in [0.2, 0.25) is 0 Å². The van der Waals surface area contributed by atoms with Gasteiger partial charge in [-0.25, -0.2) is 4.98 Å². The Morgan fingerprint density at radius 3 is 2.89 bits per heavy atom. The van der Waals surface area contributed by atoms with Crippen LogP contribution in [-0.2, 0) is 7.05 Å². The summed E-state index contributed by atoms with van der Waals surface area (Å²) >= 11 is 0. The third-order valence-electron chi connectivity index (χ3n) is 3.67. The van der Waals surface area contributed by atoms with Crippen molar-refractivity contribution in [3.8, 4) is 0 Å². The minimum Gasteiger partial charge on any atom is -0.388 e. The lowest BCUT2D eigenvalue weighted by molar-refractivity contribution is 0.0839. The molecule has 1 saturated heterocycles. The van der Waals surface area contributed by atoms with Gasteiger partial charge in [0.2, 0.25) is 0 Å². The molecule has 1 aliphatic heterocycles. The van der Waals surface area contributed by atoms with E-state index in [1.54, 1.807) is 0 Å². The van der Waals surface area contributed by atoms with Crippen LogP contribution in [0.25, 0.3) is 11.0 Å². The fourth-order valence-electron chi connectivity index (χ4n) is 2.77. The van der Waals surface area contributed by atoms with Gasteiger partial charge in [-0.3, -0.25) is 4.68 Å². The SMILES string of the molecule is Cc1nn(C)c2nccc(N3CCC(C)(O)C3)c12. The minimum absolute atomic E-state index is 0.592. The highest BCUT2D eigenvalue weighted by molar-refractivity contribution is 5.92. The largest absolute Gasteiger partial charge is 0.388 e. The van der Waals surface area contributed by atoms with E-state index >= 15 is 0 Å². The van der Waals surface area contributed by atoms with Gasteiger partial charge in [0, 0.05) is 26.3 Å². The number of fused-ring (bicyclic) bond motifs is 1. The molecule has 1 fully saturated rings. The molecule has 3 heterocycles. The second kappa shape index (κ2) is 3.68. The van der Waals surface area contributed by atoms with Crippen molar-refractivity contribution in [1.82, 2.24) is 14.8 Å². The number of pyridine rings is 1. The molecule has 0 saturated carbocycles. The van der Waals surface area contributed by atoms with Crippen LogP contribution >= 0.6 is 0 Å². The molecule has 2 aromatic heterocycles. The van der Waals surface area contributed by atoms with Crippen molar-refractivity contribution < 1.29 is 5.11 Å². The van der Waals surface area contributed by atoms with Crippen molar-refractivity contribution in [1.29, 1.82) is 0 Å². The maximum atomic E-state index is 10.1. The smallest absolute Gasteiger partial charge is 0.159 e. The van der Waals surface area contributed by atoms with Crippen molar-refractivity contribution in [2.75, 3.05) is 18.0 Å². The first-order valence-electron chi connectivity index (χ1n) is 6.24. The molecular formula is C13H18N4O. The number of hydrogen-bond donors (Lipinski definition) is 1. The fraction of sp³-hybridized carbons (Fsp3) is 0.538. The minimum atomic E-state index is -0.592. The van der Waals surface area contributed by atoms with E-state index in [1.165, 1.54) is 0 Å². The summed E-state index contributed by atoms with van der Waals surface area (Å²) < 4.78 is 1.81. The summed E-state index contributed by atoms with van der Waals surface area (Å²) in [6.45, 7) is 5.43. The first-order chi connectivity index (χ1) is 8.48. The zero-order valence-corrected chi connectivity index (χ0v) is 11.0. The van der Waals surface area contributed by atoms with E-state index in [-0.39, 0.29) is 0 Å². The van der Waals surface area contributed by atoms with E-state index in [4.69, 9.17) is 0 Å². The number of β-amino-alcohol motifs (C(OH)–C–C–N with tert-alkyl or cyclic N) is 1. The number of aliphatic hydroxyl groups is 1. The molecule has 0 radical (unpaired) electrons. The summed E-state index contributed by atoms with van der Waals surface area (Å²) in [5.74, 6) is 0. The summed E-state index contributed by atoms with van der Waals surface area (Å²) in [6.07, 6.45) is 2.61. The monoisotopic (exact) mass is 246 g/mol. The molecule has 2 aromatic rings. The highest BCUT2D eigenvalue weighted by Gasteiger charge is 2.32. The maximum absolute atomic E-state index is 10.1. The third kappa shape index (κ3) is 1.66. The Morgan fingerprint density at radius 2 is 2.22 bits per heavy atom. The molecule has 1 N–H and O–H groups in total. The van der Waals surface area contributed by atoms with E-state index in [2.05, 4.69) is 15.0 Å². The zero-order valence-electron chi connectivity index (χ0n) is 11.0. The number of nitrogens with zero attached hydrogens (tertiary/aromatic N) is 4. The summed E-state index contributed by atoms with van der Waals surface area (Å²) in [5, 5.41) is 15.6. The van der Waals surface area contributed by atoms with Crippen LogP contribution in [0.3, 0.4) is 0 Å². The van der Waals surface area contributed by atoms with Crippen LogP contribution < -0.4 is 4.90 Å². The van der Waals surface area contributed by atoms with Gasteiger partial charge in [0.05, 0.1) is 22.4 Å². The Kier molecular flexibility index (Phi) is 2.35. The van der Waals surface area contributed by atoms with Crippen molar-refractivity contribution in [2.45, 2.75) is 25.9 Å². The molecule has 18 heavy (non-hydrogen) atoms. The van der Waals surface area contributed by atoms with Gasteiger partial charge in [-0.1, -0.05) is 0 Å². The van der Waals surface area contributed by atoms with Gasteiger partial charge in [-0.05, 0) is 26.3 Å². The molecule has 5 heteroatoms. The van der Waals surface area contributed by atoms with E-state index < -0.39 is 5.60 Å². The average Bonchev–Trinajstić information content (AvgIpc) is 2.81. The number of hydrogen-bond acceptors (Lipinski definition) is 4. The van der Waals surface area contributed by atoms with Crippen LogP contribution in [0.5, 0.6) is 0 Å². The number of aryl methyl sites for hydroxylation is 2. The standard InChI is InChI=1S/C13H18N4O/c1-9-11-10(17-7-5-13(2,18)8-17)4-6-14-12(11)16(3)15-9/h4,6,18H,5,7-8H2,1-3H3. The van der Waals surface area contributed by atoms with Crippen LogP contribution in [0.4, 0.5) is 5.69 Å². The molecule has 0 aromatic carbocycles. The second-order valence-corrected chi connectivity index (χ2v) is 5.41. The van der Waals surface area contributed by atoms with Gasteiger partial charge in [-0.15, -0.1) is 0 Å². The third-order valence-corrected chi connectivity index (χ3v) is 3.67. The molecule has 0 amide bonds. The van der Waals surface area contributed by atoms with Crippen molar-refractivity contribution in [3.05, 3.63) is 18.0 Å². The molecule has 96 valence electrons. The number of aromatic nitrogens is 3. The zero-order chi connectivity index (χ0) is 12.9. The van der Waals surface area contributed by atoms with Gasteiger partial charge >= 0.3 is 0 Å². The van der Waals surface area contributed by atoms with Gasteiger partial charge < -0.3 is 10.0 Å². The molecule has 0 bridgehead atoms. The lowest BCUT2D eigenvalue weighted by atomic mass is 10.1. The quantitative estimate of drug-likeness (QED) is 0.822. The molecule has 3 rings (SSSR count). The average molecular weight is 246 g/mol. The molecule has 0 spiro atoms. The van der Waals surface area contributed by atoms with Crippen LogP contribution in [-0.4, -0.2) is 38.6 Å². The topological polar surface area (TPSA) is 54.2 Å². The lowest BCUT2D eigenvalue weighted by Crippen LogP contribution is -2.29. The first kappa shape index (κ1) is 11.5. The molecule has 1 aliphatic rings. The summed E-state index contributed by atoms with van der Waals surface area (Å²) in [5.41, 5.74) is 2.42. The Labute approximate surface area is 106 Å². The fourth-order valence-corrected chi connectivity index (χ4v) is 2.77. The predicted molar refractivity (Wildman–Crippen MR) is 70.7 cm³/mol. The van der Waals surface area contributed by atoms with E-state index in [0.29, 0.717) is 6.54 Å². The summed E-state index contributed by atoms with van der Waals surface area (Å²) in [4.78, 5) is 6.60. The maximum Gasteiger partial charge on any atom is 0.159 e. The van der Waals surface area contributed by atoms with E-state index in [9.17, 15) is 5.11 Å². The molecule has 1 unspecified atom stereocenters. The molecule has 0 aliphatic carbocycles. The van der Waals surface area contributed by atoms with E-state index in [0.717, 1.165) is 35.4 Å². The lowest BCUT2D eigenvalue weighted by Gasteiger charge is -2.21. The number of rotatable bonds is 1. The highest BCUT2D eigenvalue weighted by atomic mass is 16.3. The Hall–Kier alpha value is -1.62. The molecule has 1 atom stereocenters. The van der Waals surface area contributed by atoms with Gasteiger partial charge in [0.25, 0.3) is 0 Å². The van der Waals surface area contributed by atoms with Crippen LogP contribution in [0.15, 0.2) is 12.3 Å². The molecule has 5 nitrogen and oxygen atoms in total. The Balaban J connectivity index is 2.13. The Bertz CT molecular complexity index is 602. The highest BCUT2D eigenvalue weighted by Crippen LogP contribution is 2.32.